The summed E-state index contributed by atoms with van der Waals surface area (Å²) in [6, 6.07) is 1.91. The van der Waals surface area contributed by atoms with Gasteiger partial charge in [-0.15, -0.1) is 12.4 Å². The number of piperidine rings is 1. The maximum Gasteiger partial charge on any atom is 0.261 e. The summed E-state index contributed by atoms with van der Waals surface area (Å²) in [7, 11) is 0. The number of aryl methyl sites for hydroxylation is 2. The summed E-state index contributed by atoms with van der Waals surface area (Å²) < 4.78 is 0. The number of nitrogens with one attached hydrogen (secondary N) is 1. The molecule has 1 aliphatic heterocycles. The van der Waals surface area contributed by atoms with Crippen LogP contribution >= 0.6 is 12.4 Å². The number of nitrogens with two attached hydrogens (primary N) is 1. The van der Waals surface area contributed by atoms with Crippen LogP contribution in [0.4, 0.5) is 0 Å². The standard InChI is InChI=1S/C17H25N3O2.ClH/c1-17(2)10-20(8-7-14(17)18)16(22)12-9-11-5-3-4-6-13(11)19-15(12)21;/h9,14H,3-8,10,18H2,1-2H3,(H,19,21);1H. The molecular formula is C17H26ClN3O2. The summed E-state index contributed by atoms with van der Waals surface area (Å²) in [6.07, 6.45) is 4.86. The van der Waals surface area contributed by atoms with Crippen molar-refractivity contribution in [3.05, 3.63) is 33.2 Å². The smallest absolute Gasteiger partial charge is 0.261 e. The summed E-state index contributed by atoms with van der Waals surface area (Å²) in [5, 5.41) is 0. The number of carbonyl (C=O) groups is 1. The van der Waals surface area contributed by atoms with Crippen LogP contribution in [0.5, 0.6) is 0 Å². The first-order valence-electron chi connectivity index (χ1n) is 8.18. The lowest BCUT2D eigenvalue weighted by atomic mass is 9.79. The lowest BCUT2D eigenvalue weighted by molar-refractivity contribution is 0.0531. The van der Waals surface area contributed by atoms with E-state index in [0.29, 0.717) is 13.1 Å². The van der Waals surface area contributed by atoms with Gasteiger partial charge in [-0.25, -0.2) is 0 Å². The van der Waals surface area contributed by atoms with Gasteiger partial charge in [0.2, 0.25) is 0 Å². The second-order valence-electron chi connectivity index (χ2n) is 7.33. The van der Waals surface area contributed by atoms with E-state index >= 15 is 0 Å². The van der Waals surface area contributed by atoms with Gasteiger partial charge in [-0.05, 0) is 49.1 Å². The summed E-state index contributed by atoms with van der Waals surface area (Å²) in [5.41, 5.74) is 8.18. The van der Waals surface area contributed by atoms with Crippen molar-refractivity contribution in [3.8, 4) is 0 Å². The minimum absolute atomic E-state index is 0. The average Bonchev–Trinajstić information content (AvgIpc) is 2.48. The molecule has 3 N–H and O–H groups in total. The van der Waals surface area contributed by atoms with E-state index < -0.39 is 0 Å². The zero-order valence-electron chi connectivity index (χ0n) is 13.9. The molecule has 23 heavy (non-hydrogen) atoms. The van der Waals surface area contributed by atoms with Gasteiger partial charge < -0.3 is 15.6 Å². The predicted molar refractivity (Wildman–Crippen MR) is 93.2 cm³/mol. The number of rotatable bonds is 1. The highest BCUT2D eigenvalue weighted by atomic mass is 35.5. The minimum Gasteiger partial charge on any atom is -0.338 e. The molecule has 1 amide bonds. The summed E-state index contributed by atoms with van der Waals surface area (Å²) in [4.78, 5) is 29.7. The van der Waals surface area contributed by atoms with Crippen LogP contribution < -0.4 is 11.3 Å². The lowest BCUT2D eigenvalue weighted by Gasteiger charge is -2.42. The van der Waals surface area contributed by atoms with Crippen molar-refractivity contribution in [2.45, 2.75) is 52.0 Å². The van der Waals surface area contributed by atoms with Crippen LogP contribution in [0.25, 0.3) is 0 Å². The molecule has 0 spiro atoms. The molecule has 1 saturated heterocycles. The van der Waals surface area contributed by atoms with Crippen LogP contribution in [0.1, 0.15) is 54.7 Å². The molecule has 0 radical (unpaired) electrons. The molecular weight excluding hydrogens is 314 g/mol. The number of halogens is 1. The van der Waals surface area contributed by atoms with Crippen molar-refractivity contribution in [2.24, 2.45) is 11.1 Å². The van der Waals surface area contributed by atoms with Crippen molar-refractivity contribution >= 4 is 18.3 Å². The van der Waals surface area contributed by atoms with Crippen molar-refractivity contribution in [1.82, 2.24) is 9.88 Å². The Morgan fingerprint density at radius 2 is 2.04 bits per heavy atom. The quantitative estimate of drug-likeness (QED) is 0.819. The largest absolute Gasteiger partial charge is 0.338 e. The van der Waals surface area contributed by atoms with E-state index in [9.17, 15) is 9.59 Å². The van der Waals surface area contributed by atoms with Crippen LogP contribution in [-0.2, 0) is 12.8 Å². The second-order valence-corrected chi connectivity index (χ2v) is 7.33. The molecule has 1 aliphatic carbocycles. The monoisotopic (exact) mass is 339 g/mol. The van der Waals surface area contributed by atoms with E-state index in [1.807, 2.05) is 6.07 Å². The topological polar surface area (TPSA) is 79.2 Å². The maximum absolute atomic E-state index is 12.8. The third-order valence-corrected chi connectivity index (χ3v) is 5.17. The zero-order chi connectivity index (χ0) is 15.9. The molecule has 1 aromatic rings. The Morgan fingerprint density at radius 3 is 2.74 bits per heavy atom. The van der Waals surface area contributed by atoms with Crippen LogP contribution in [-0.4, -0.2) is 34.9 Å². The van der Waals surface area contributed by atoms with Gasteiger partial charge in [0.1, 0.15) is 5.56 Å². The van der Waals surface area contributed by atoms with Crippen LogP contribution in [0.3, 0.4) is 0 Å². The molecule has 2 aliphatic rings. The highest BCUT2D eigenvalue weighted by molar-refractivity contribution is 5.94. The third-order valence-electron chi connectivity index (χ3n) is 5.17. The minimum atomic E-state index is -0.252. The molecule has 1 atom stereocenters. The van der Waals surface area contributed by atoms with Crippen LogP contribution in [0, 0.1) is 5.41 Å². The van der Waals surface area contributed by atoms with E-state index in [-0.39, 0.29) is 40.9 Å². The first-order valence-corrected chi connectivity index (χ1v) is 8.18. The van der Waals surface area contributed by atoms with Crippen LogP contribution in [0.2, 0.25) is 0 Å². The van der Waals surface area contributed by atoms with Crippen molar-refractivity contribution in [1.29, 1.82) is 0 Å². The highest BCUT2D eigenvalue weighted by Crippen LogP contribution is 2.28. The molecule has 2 heterocycles. The molecule has 3 rings (SSSR count). The number of aromatic amines is 1. The molecule has 128 valence electrons. The molecule has 1 aromatic heterocycles. The number of carbonyl (C=O) groups excluding carboxylic acids is 1. The first kappa shape index (κ1) is 18.0. The highest BCUT2D eigenvalue weighted by Gasteiger charge is 2.36. The summed E-state index contributed by atoms with van der Waals surface area (Å²) >= 11 is 0. The molecule has 0 saturated carbocycles. The van der Waals surface area contributed by atoms with Crippen molar-refractivity contribution in [3.63, 3.8) is 0 Å². The van der Waals surface area contributed by atoms with Crippen molar-refractivity contribution < 1.29 is 4.79 Å². The summed E-state index contributed by atoms with van der Waals surface area (Å²) in [5.74, 6) is -0.158. The Balaban J connectivity index is 0.00000192. The van der Waals surface area contributed by atoms with Gasteiger partial charge in [0.25, 0.3) is 11.5 Å². The normalized spacial score (nSPS) is 22.9. The Bertz CT molecular complexity index is 654. The number of H-pyrrole nitrogens is 1. The second kappa shape index (κ2) is 6.65. The number of pyridine rings is 1. The lowest BCUT2D eigenvalue weighted by Crippen LogP contribution is -2.54. The molecule has 1 fully saturated rings. The Morgan fingerprint density at radius 1 is 1.35 bits per heavy atom. The van der Waals surface area contributed by atoms with Gasteiger partial charge in [-0.2, -0.15) is 0 Å². The van der Waals surface area contributed by atoms with E-state index in [4.69, 9.17) is 5.73 Å². The number of hydrogen-bond donors (Lipinski definition) is 2. The third kappa shape index (κ3) is 3.45. The van der Waals surface area contributed by atoms with E-state index in [1.165, 1.54) is 0 Å². The average molecular weight is 340 g/mol. The summed E-state index contributed by atoms with van der Waals surface area (Å²) in [6.45, 7) is 5.38. The van der Waals surface area contributed by atoms with Gasteiger partial charge >= 0.3 is 0 Å². The SMILES string of the molecule is CC1(C)CN(C(=O)c2cc3c([nH]c2=O)CCCC3)CCC1N.Cl. The van der Waals surface area contributed by atoms with Gasteiger partial charge in [0.05, 0.1) is 0 Å². The number of amides is 1. The van der Waals surface area contributed by atoms with E-state index in [1.54, 1.807) is 4.90 Å². The predicted octanol–water partition coefficient (Wildman–Crippen LogP) is 1.87. The van der Waals surface area contributed by atoms with Crippen LogP contribution in [0.15, 0.2) is 10.9 Å². The Labute approximate surface area is 143 Å². The fourth-order valence-corrected chi connectivity index (χ4v) is 3.55. The number of nitrogens with zero attached hydrogens (tertiary/aromatic N) is 1. The first-order chi connectivity index (χ1) is 10.4. The van der Waals surface area contributed by atoms with Gasteiger partial charge in [-0.1, -0.05) is 13.8 Å². The number of likely N-dealkylation sites (tertiary alicyclic amines) is 1. The van der Waals surface area contributed by atoms with Gasteiger partial charge in [-0.3, -0.25) is 9.59 Å². The van der Waals surface area contributed by atoms with E-state index in [0.717, 1.165) is 43.4 Å². The molecule has 1 unspecified atom stereocenters. The fraction of sp³-hybridized carbons (Fsp3) is 0.647. The van der Waals surface area contributed by atoms with Crippen molar-refractivity contribution in [2.75, 3.05) is 13.1 Å². The van der Waals surface area contributed by atoms with Gasteiger partial charge in [0.15, 0.2) is 0 Å². The molecule has 0 bridgehead atoms. The molecule has 5 nitrogen and oxygen atoms in total. The number of fused-ring (bicyclic) bond motifs is 1. The zero-order valence-corrected chi connectivity index (χ0v) is 14.7. The van der Waals surface area contributed by atoms with Gasteiger partial charge in [0, 0.05) is 24.8 Å². The Kier molecular flexibility index (Phi) is 5.21. The Hall–Kier alpha value is -1.33. The molecule has 0 aromatic carbocycles. The molecule has 6 heteroatoms. The van der Waals surface area contributed by atoms with E-state index in [2.05, 4.69) is 18.8 Å². The maximum atomic E-state index is 12.8. The number of hydrogen-bond acceptors (Lipinski definition) is 3. The fourth-order valence-electron chi connectivity index (χ4n) is 3.55. The number of aromatic nitrogens is 1.